The maximum Gasteiger partial charge on any atom is 0.254 e. The van der Waals surface area contributed by atoms with E-state index in [1.54, 1.807) is 32.4 Å². The number of nitrogens with zero attached hydrogens (tertiary/aromatic N) is 1. The van der Waals surface area contributed by atoms with Gasteiger partial charge in [-0.05, 0) is 68.4 Å². The number of ether oxygens (including phenoxy) is 4. The van der Waals surface area contributed by atoms with Crippen LogP contribution in [0, 0.1) is 0 Å². The van der Waals surface area contributed by atoms with Gasteiger partial charge in [-0.2, -0.15) is 0 Å². The number of nitrogens with two attached hydrogens (primary N) is 1. The number of carbonyl (C=O) groups is 1. The SMILES string of the molecule is C=C1C[C@H]2CCc3cc(OCCCCCOc4cc(N)ccc4OC)c(OC)cc3C(=O)N2C1. The summed E-state index contributed by atoms with van der Waals surface area (Å²) in [5, 5.41) is 0. The van der Waals surface area contributed by atoms with E-state index < -0.39 is 0 Å². The topological polar surface area (TPSA) is 83.3 Å². The van der Waals surface area contributed by atoms with Gasteiger partial charge in [0.15, 0.2) is 23.0 Å². The summed E-state index contributed by atoms with van der Waals surface area (Å²) in [4.78, 5) is 15.1. The maximum absolute atomic E-state index is 13.1. The number of fused-ring (bicyclic) bond motifs is 2. The number of aryl methyl sites for hydroxylation is 1. The van der Waals surface area contributed by atoms with Crippen LogP contribution in [-0.4, -0.2) is 50.8 Å². The maximum atomic E-state index is 13.1. The summed E-state index contributed by atoms with van der Waals surface area (Å²) in [7, 11) is 3.22. The number of nitrogen functional groups attached to an aromatic ring is 1. The van der Waals surface area contributed by atoms with Crippen molar-refractivity contribution in [2.75, 3.05) is 39.7 Å². The molecular formula is C27H34N2O5. The Labute approximate surface area is 201 Å². The predicted molar refractivity (Wildman–Crippen MR) is 132 cm³/mol. The number of unbranched alkanes of at least 4 members (excludes halogenated alkanes) is 2. The van der Waals surface area contributed by atoms with Crippen LogP contribution < -0.4 is 24.7 Å². The summed E-state index contributed by atoms with van der Waals surface area (Å²) in [6.07, 6.45) is 5.42. The Hall–Kier alpha value is -3.35. The zero-order valence-electron chi connectivity index (χ0n) is 20.1. The Morgan fingerprint density at radius 3 is 2.38 bits per heavy atom. The number of amides is 1. The fraction of sp³-hybridized carbons (Fsp3) is 0.444. The lowest BCUT2D eigenvalue weighted by atomic mass is 10.00. The first kappa shape index (κ1) is 23.8. The molecular weight excluding hydrogens is 432 g/mol. The molecule has 0 aromatic heterocycles. The smallest absolute Gasteiger partial charge is 0.254 e. The lowest BCUT2D eigenvalue weighted by Crippen LogP contribution is -2.34. The van der Waals surface area contributed by atoms with Crippen LogP contribution >= 0.6 is 0 Å². The van der Waals surface area contributed by atoms with Crippen LogP contribution in [0.25, 0.3) is 0 Å². The quantitative estimate of drug-likeness (QED) is 0.312. The molecule has 2 aromatic rings. The average Bonchev–Trinajstić information content (AvgIpc) is 3.16. The Kier molecular flexibility index (Phi) is 7.50. The van der Waals surface area contributed by atoms with Crippen LogP contribution in [0.3, 0.4) is 0 Å². The van der Waals surface area contributed by atoms with Gasteiger partial charge in [0.05, 0.1) is 27.4 Å². The lowest BCUT2D eigenvalue weighted by molar-refractivity contribution is 0.0742. The van der Waals surface area contributed by atoms with Crippen LogP contribution in [-0.2, 0) is 6.42 Å². The van der Waals surface area contributed by atoms with Crippen molar-refractivity contribution in [1.29, 1.82) is 0 Å². The molecule has 1 atom stereocenters. The van der Waals surface area contributed by atoms with E-state index in [2.05, 4.69) is 6.58 Å². The molecule has 2 aromatic carbocycles. The van der Waals surface area contributed by atoms with Crippen molar-refractivity contribution in [3.63, 3.8) is 0 Å². The van der Waals surface area contributed by atoms with E-state index in [-0.39, 0.29) is 11.9 Å². The molecule has 1 saturated heterocycles. The van der Waals surface area contributed by atoms with E-state index in [1.165, 1.54) is 0 Å². The molecule has 0 unspecified atom stereocenters. The van der Waals surface area contributed by atoms with Gasteiger partial charge in [-0.15, -0.1) is 0 Å². The molecule has 0 bridgehead atoms. The van der Waals surface area contributed by atoms with E-state index in [0.717, 1.165) is 55.2 Å². The van der Waals surface area contributed by atoms with Gasteiger partial charge in [-0.3, -0.25) is 4.79 Å². The molecule has 182 valence electrons. The molecule has 1 fully saturated rings. The molecule has 1 amide bonds. The minimum absolute atomic E-state index is 0.0674. The Bertz CT molecular complexity index is 1050. The molecule has 0 spiro atoms. The lowest BCUT2D eigenvalue weighted by Gasteiger charge is -2.21. The van der Waals surface area contributed by atoms with Crippen LogP contribution in [0.15, 0.2) is 42.5 Å². The van der Waals surface area contributed by atoms with Crippen molar-refractivity contribution in [3.8, 4) is 23.0 Å². The monoisotopic (exact) mass is 466 g/mol. The van der Waals surface area contributed by atoms with E-state index in [1.807, 2.05) is 17.0 Å². The standard InChI is InChI=1S/C27H34N2O5/c1-18-13-21-9-7-19-14-25(24(32-3)16-22(19)27(30)29(21)17-18)33-11-5-4-6-12-34-26-15-20(28)8-10-23(26)31-2/h8,10,14-16,21H,1,4-7,9,11-13,17,28H2,2-3H3/t21-/m1/s1. The summed E-state index contributed by atoms with van der Waals surface area (Å²) in [6, 6.07) is 9.44. The predicted octanol–water partition coefficient (Wildman–Crippen LogP) is 4.63. The van der Waals surface area contributed by atoms with Gasteiger partial charge < -0.3 is 29.6 Å². The molecule has 2 aliphatic heterocycles. The molecule has 2 N–H and O–H groups in total. The highest BCUT2D eigenvalue weighted by atomic mass is 16.5. The fourth-order valence-electron chi connectivity index (χ4n) is 4.68. The van der Waals surface area contributed by atoms with Crippen LogP contribution in [0.5, 0.6) is 23.0 Å². The number of anilines is 1. The zero-order valence-corrected chi connectivity index (χ0v) is 20.1. The van der Waals surface area contributed by atoms with E-state index in [4.69, 9.17) is 24.7 Å². The largest absolute Gasteiger partial charge is 0.493 e. The molecule has 34 heavy (non-hydrogen) atoms. The van der Waals surface area contributed by atoms with Gasteiger partial charge in [0, 0.05) is 29.9 Å². The normalized spacial score (nSPS) is 17.1. The van der Waals surface area contributed by atoms with Gasteiger partial charge in [0.1, 0.15) is 0 Å². The fourth-order valence-corrected chi connectivity index (χ4v) is 4.68. The van der Waals surface area contributed by atoms with Gasteiger partial charge in [-0.1, -0.05) is 12.2 Å². The molecule has 0 aliphatic carbocycles. The van der Waals surface area contributed by atoms with Crippen molar-refractivity contribution in [1.82, 2.24) is 4.90 Å². The molecule has 7 heteroatoms. The molecule has 7 nitrogen and oxygen atoms in total. The summed E-state index contributed by atoms with van der Waals surface area (Å²) in [5.74, 6) is 2.70. The Balaban J connectivity index is 1.28. The van der Waals surface area contributed by atoms with Gasteiger partial charge >= 0.3 is 0 Å². The third kappa shape index (κ3) is 5.24. The number of rotatable bonds is 10. The van der Waals surface area contributed by atoms with Crippen molar-refractivity contribution in [3.05, 3.63) is 53.6 Å². The summed E-state index contributed by atoms with van der Waals surface area (Å²) < 4.78 is 22.7. The molecule has 0 radical (unpaired) electrons. The molecule has 4 rings (SSSR count). The third-order valence-electron chi connectivity index (χ3n) is 6.48. The van der Waals surface area contributed by atoms with Crippen molar-refractivity contribution in [2.24, 2.45) is 0 Å². The molecule has 2 aliphatic rings. The third-order valence-corrected chi connectivity index (χ3v) is 6.48. The van der Waals surface area contributed by atoms with Gasteiger partial charge in [0.2, 0.25) is 0 Å². The van der Waals surface area contributed by atoms with E-state index >= 15 is 0 Å². The van der Waals surface area contributed by atoms with Crippen molar-refractivity contribution in [2.45, 2.75) is 44.6 Å². The second-order valence-electron chi connectivity index (χ2n) is 8.91. The number of carbonyl (C=O) groups excluding carboxylic acids is 1. The van der Waals surface area contributed by atoms with Crippen molar-refractivity contribution < 1.29 is 23.7 Å². The number of hydrogen-bond donors (Lipinski definition) is 1. The molecule has 2 heterocycles. The van der Waals surface area contributed by atoms with Gasteiger partial charge in [-0.25, -0.2) is 0 Å². The Morgan fingerprint density at radius 2 is 1.68 bits per heavy atom. The highest BCUT2D eigenvalue weighted by molar-refractivity contribution is 5.97. The minimum Gasteiger partial charge on any atom is -0.493 e. The Morgan fingerprint density at radius 1 is 0.971 bits per heavy atom. The summed E-state index contributed by atoms with van der Waals surface area (Å²) in [5.41, 5.74) is 9.36. The number of hydrogen-bond acceptors (Lipinski definition) is 6. The highest BCUT2D eigenvalue weighted by Gasteiger charge is 2.35. The highest BCUT2D eigenvalue weighted by Crippen LogP contribution is 2.37. The average molecular weight is 467 g/mol. The first-order chi connectivity index (χ1) is 16.5. The summed E-state index contributed by atoms with van der Waals surface area (Å²) >= 11 is 0. The van der Waals surface area contributed by atoms with Crippen molar-refractivity contribution >= 4 is 11.6 Å². The van der Waals surface area contributed by atoms with Gasteiger partial charge in [0.25, 0.3) is 5.91 Å². The summed E-state index contributed by atoms with van der Waals surface area (Å²) in [6.45, 7) is 5.87. The number of methoxy groups -OCH3 is 2. The van der Waals surface area contributed by atoms with Crippen LogP contribution in [0.1, 0.15) is 48.0 Å². The van der Waals surface area contributed by atoms with Crippen LogP contribution in [0.4, 0.5) is 5.69 Å². The first-order valence-corrected chi connectivity index (χ1v) is 11.9. The van der Waals surface area contributed by atoms with Crippen LogP contribution in [0.2, 0.25) is 0 Å². The second kappa shape index (κ2) is 10.7. The zero-order chi connectivity index (χ0) is 24.1. The molecule has 0 saturated carbocycles. The first-order valence-electron chi connectivity index (χ1n) is 11.9. The minimum atomic E-state index is 0.0674. The van der Waals surface area contributed by atoms with E-state index in [0.29, 0.717) is 48.4 Å². The van der Waals surface area contributed by atoms with E-state index in [9.17, 15) is 4.79 Å². The second-order valence-corrected chi connectivity index (χ2v) is 8.91. The number of benzene rings is 2.